The minimum Gasteiger partial charge on any atom is -0.463 e. The fraction of sp³-hybridized carbons (Fsp3) is 0.522. The number of likely N-dealkylation sites (tertiary alicyclic amines) is 1. The number of fused-ring (bicyclic) bond motifs is 5. The molecule has 2 amide bonds. The second-order valence-electron chi connectivity index (χ2n) is 9.00. The van der Waals surface area contributed by atoms with Crippen LogP contribution in [0.1, 0.15) is 20.8 Å². The van der Waals surface area contributed by atoms with Gasteiger partial charge in [0.2, 0.25) is 11.8 Å². The summed E-state index contributed by atoms with van der Waals surface area (Å²) in [4.78, 5) is 39.7. The summed E-state index contributed by atoms with van der Waals surface area (Å²) in [7, 11) is 0. The number of alkyl halides is 1. The zero-order chi connectivity index (χ0) is 24.2. The normalized spacial score (nSPS) is 31.5. The van der Waals surface area contributed by atoms with E-state index < -0.39 is 57.9 Å². The van der Waals surface area contributed by atoms with Gasteiger partial charge in [0.15, 0.2) is 5.60 Å². The van der Waals surface area contributed by atoms with E-state index in [9.17, 15) is 24.6 Å². The number of benzene rings is 1. The zero-order valence-electron chi connectivity index (χ0n) is 18.5. The van der Waals surface area contributed by atoms with Crippen LogP contribution >= 0.6 is 15.9 Å². The van der Waals surface area contributed by atoms with E-state index in [0.717, 1.165) is 4.90 Å². The second-order valence-corrected chi connectivity index (χ2v) is 11.0. The highest BCUT2D eigenvalue weighted by Gasteiger charge is 2.78. The molecule has 3 aliphatic rings. The number of aliphatic hydroxyl groups is 2. The minimum absolute atomic E-state index is 0.147. The van der Waals surface area contributed by atoms with Gasteiger partial charge < -0.3 is 24.4 Å². The summed E-state index contributed by atoms with van der Waals surface area (Å²) < 4.78 is 16.4. The van der Waals surface area contributed by atoms with Crippen molar-refractivity contribution in [2.24, 2.45) is 11.8 Å². The van der Waals surface area contributed by atoms with Gasteiger partial charge in [-0.3, -0.25) is 19.3 Å². The van der Waals surface area contributed by atoms with Crippen molar-refractivity contribution in [1.82, 2.24) is 4.90 Å². The first-order valence-corrected chi connectivity index (χ1v) is 11.4. The number of hydrogen-bond acceptors (Lipinski definition) is 8. The molecule has 1 aromatic carbocycles. The maximum atomic E-state index is 13.4. The maximum absolute atomic E-state index is 13.4. The van der Waals surface area contributed by atoms with Gasteiger partial charge >= 0.3 is 5.97 Å². The first kappa shape index (κ1) is 23.9. The van der Waals surface area contributed by atoms with E-state index in [1.165, 1.54) is 13.0 Å². The van der Waals surface area contributed by atoms with Gasteiger partial charge in [0, 0.05) is 0 Å². The number of hydrogen-bond donors (Lipinski definition) is 2. The molecule has 10 heteroatoms. The summed E-state index contributed by atoms with van der Waals surface area (Å²) in [5.41, 5.74) is -3.15. The Labute approximate surface area is 199 Å². The van der Waals surface area contributed by atoms with E-state index in [0.29, 0.717) is 5.75 Å². The Kier molecular flexibility index (Phi) is 5.93. The van der Waals surface area contributed by atoms with Gasteiger partial charge in [0.1, 0.15) is 28.0 Å². The Morgan fingerprint density at radius 3 is 2.45 bits per heavy atom. The van der Waals surface area contributed by atoms with Crippen molar-refractivity contribution in [2.45, 2.75) is 42.4 Å². The zero-order valence-corrected chi connectivity index (χ0v) is 20.1. The fourth-order valence-corrected chi connectivity index (χ4v) is 4.94. The van der Waals surface area contributed by atoms with Crippen molar-refractivity contribution >= 4 is 33.7 Å². The molecule has 0 saturated carbocycles. The van der Waals surface area contributed by atoms with Crippen LogP contribution in [-0.4, -0.2) is 74.3 Å². The smallest absolute Gasteiger partial charge is 0.322 e. The number of para-hydroxylation sites is 1. The summed E-state index contributed by atoms with van der Waals surface area (Å²) in [5, 5.41) is 21.0. The highest BCUT2D eigenvalue weighted by Crippen LogP contribution is 2.61. The predicted octanol–water partition coefficient (Wildman–Crippen LogP) is 1.16. The average Bonchev–Trinajstić information content (AvgIpc) is 3.34. The van der Waals surface area contributed by atoms with Gasteiger partial charge in [-0.15, -0.1) is 0 Å². The lowest BCUT2D eigenvalue weighted by Gasteiger charge is -2.35. The molecule has 2 bridgehead atoms. The molecule has 4 rings (SSSR count). The largest absolute Gasteiger partial charge is 0.463 e. The summed E-state index contributed by atoms with van der Waals surface area (Å²) in [6.45, 7) is 3.80. The van der Waals surface area contributed by atoms with Gasteiger partial charge in [-0.25, -0.2) is 0 Å². The van der Waals surface area contributed by atoms with Crippen LogP contribution in [0.5, 0.6) is 5.75 Å². The van der Waals surface area contributed by atoms with E-state index in [1.807, 2.05) is 6.07 Å². The molecule has 0 spiro atoms. The molecule has 2 fully saturated rings. The van der Waals surface area contributed by atoms with Crippen molar-refractivity contribution in [3.8, 4) is 5.75 Å². The first-order valence-electron chi connectivity index (χ1n) is 10.6. The van der Waals surface area contributed by atoms with Crippen molar-refractivity contribution < 1.29 is 38.8 Å². The molecule has 2 saturated heterocycles. The molecular formula is C23H26BrNO8. The summed E-state index contributed by atoms with van der Waals surface area (Å²) >= 11 is 3.20. The summed E-state index contributed by atoms with van der Waals surface area (Å²) in [5.74, 6) is -3.14. The number of ether oxygens (including phenoxy) is 3. The molecule has 0 aromatic heterocycles. The number of amides is 2. The predicted molar refractivity (Wildman–Crippen MR) is 118 cm³/mol. The van der Waals surface area contributed by atoms with Gasteiger partial charge in [-0.2, -0.15) is 0 Å². The van der Waals surface area contributed by atoms with E-state index in [1.54, 1.807) is 38.1 Å². The number of nitrogens with zero attached hydrogens (tertiary/aromatic N) is 1. The standard InChI is InChI=1S/C23H26BrNO8/c1-13(27)23-15(32-14-7-5-4-6-8-14)11-22(12-26,33-23)16-17(23)19(29)25(18(16)28)9-10-31-20(30)21(2,3)24/h4-8,11,13,16-17,26-27H,9-10,12H2,1-3H3/t13?,16-,17+,22-,23-/m0/s1. The van der Waals surface area contributed by atoms with Crippen molar-refractivity contribution in [2.75, 3.05) is 19.8 Å². The Bertz CT molecular complexity index is 1000. The van der Waals surface area contributed by atoms with Crippen LogP contribution in [0, 0.1) is 11.8 Å². The Balaban J connectivity index is 1.63. The topological polar surface area (TPSA) is 123 Å². The Hall–Kier alpha value is -2.27. The number of rotatable bonds is 8. The third-order valence-corrected chi connectivity index (χ3v) is 6.70. The lowest BCUT2D eigenvalue weighted by Crippen LogP contribution is -2.52. The molecule has 178 valence electrons. The Morgan fingerprint density at radius 2 is 1.88 bits per heavy atom. The molecule has 3 heterocycles. The van der Waals surface area contributed by atoms with Gasteiger partial charge in [0.05, 0.1) is 31.1 Å². The molecule has 9 nitrogen and oxygen atoms in total. The third-order valence-electron chi connectivity index (χ3n) is 6.38. The highest BCUT2D eigenvalue weighted by molar-refractivity contribution is 9.10. The van der Waals surface area contributed by atoms with Crippen LogP contribution in [0.15, 0.2) is 42.2 Å². The number of carbonyl (C=O) groups excluding carboxylic acids is 3. The molecule has 33 heavy (non-hydrogen) atoms. The molecule has 0 aliphatic carbocycles. The molecule has 1 aromatic rings. The van der Waals surface area contributed by atoms with Crippen LogP contribution in [-0.2, 0) is 23.9 Å². The lowest BCUT2D eigenvalue weighted by atomic mass is 9.69. The Morgan fingerprint density at radius 1 is 1.24 bits per heavy atom. The quantitative estimate of drug-likeness (QED) is 0.295. The molecule has 0 radical (unpaired) electrons. The van der Waals surface area contributed by atoms with Gasteiger partial charge in [0.25, 0.3) is 0 Å². The van der Waals surface area contributed by atoms with E-state index in [-0.39, 0.29) is 18.9 Å². The van der Waals surface area contributed by atoms with Gasteiger partial charge in [-0.1, -0.05) is 34.1 Å². The SMILES string of the molecule is CC(O)[C@]12O[C@](CO)(C=C1Oc1ccccc1)[C@@H]1C(=O)N(CCOC(=O)C(C)(C)Br)C(=O)[C@@H]12. The highest BCUT2D eigenvalue weighted by atomic mass is 79.9. The van der Waals surface area contributed by atoms with Gasteiger partial charge in [-0.05, 0) is 39.0 Å². The molecular weight excluding hydrogens is 498 g/mol. The fourth-order valence-electron chi connectivity index (χ4n) is 4.82. The van der Waals surface area contributed by atoms with E-state index in [4.69, 9.17) is 14.2 Å². The molecule has 3 aliphatic heterocycles. The van der Waals surface area contributed by atoms with Crippen molar-refractivity contribution in [3.05, 3.63) is 42.2 Å². The summed E-state index contributed by atoms with van der Waals surface area (Å²) in [6.07, 6.45) is 0.273. The van der Waals surface area contributed by atoms with Crippen LogP contribution in [0.25, 0.3) is 0 Å². The second kappa shape index (κ2) is 8.19. The van der Waals surface area contributed by atoms with Crippen LogP contribution < -0.4 is 4.74 Å². The molecule has 5 atom stereocenters. The van der Waals surface area contributed by atoms with Crippen LogP contribution in [0.2, 0.25) is 0 Å². The van der Waals surface area contributed by atoms with Crippen molar-refractivity contribution in [3.63, 3.8) is 0 Å². The minimum atomic E-state index is -1.64. The maximum Gasteiger partial charge on any atom is 0.322 e. The number of esters is 1. The van der Waals surface area contributed by atoms with Crippen LogP contribution in [0.4, 0.5) is 0 Å². The monoisotopic (exact) mass is 523 g/mol. The van der Waals surface area contributed by atoms with Crippen LogP contribution in [0.3, 0.4) is 0 Å². The van der Waals surface area contributed by atoms with E-state index >= 15 is 0 Å². The average molecular weight is 524 g/mol. The first-order chi connectivity index (χ1) is 15.5. The molecule has 2 N–H and O–H groups in total. The lowest BCUT2D eigenvalue weighted by molar-refractivity contribution is -0.163. The molecule has 1 unspecified atom stereocenters. The third kappa shape index (κ3) is 3.60. The summed E-state index contributed by atoms with van der Waals surface area (Å²) in [6, 6.07) is 8.77. The van der Waals surface area contributed by atoms with E-state index in [2.05, 4.69) is 15.9 Å². The van der Waals surface area contributed by atoms with Crippen molar-refractivity contribution in [1.29, 1.82) is 0 Å². The number of imide groups is 1. The number of carbonyl (C=O) groups is 3. The number of halogens is 1. The number of aliphatic hydroxyl groups excluding tert-OH is 2.